The van der Waals surface area contributed by atoms with Crippen molar-refractivity contribution in [2.75, 3.05) is 0 Å². The van der Waals surface area contributed by atoms with Crippen LogP contribution in [0.4, 0.5) is 0 Å². The first-order chi connectivity index (χ1) is 11.3. The third kappa shape index (κ3) is 1.60. The number of hydrogen-bond donors (Lipinski definition) is 0. The van der Waals surface area contributed by atoms with Gasteiger partial charge in [-0.1, -0.05) is 54.6 Å². The van der Waals surface area contributed by atoms with Crippen molar-refractivity contribution in [3.8, 4) is 16.8 Å². The Morgan fingerprint density at radius 3 is 2.13 bits per heavy atom. The predicted octanol–water partition coefficient (Wildman–Crippen LogP) is 4.84. The number of para-hydroxylation sites is 1. The van der Waals surface area contributed by atoms with Gasteiger partial charge in [-0.2, -0.15) is 0 Å². The summed E-state index contributed by atoms with van der Waals surface area (Å²) in [5.74, 6) is 0.115. The molecule has 0 saturated heterocycles. The Hall–Kier alpha value is -3.13. The minimum absolute atomic E-state index is 0.115. The van der Waals surface area contributed by atoms with E-state index in [1.54, 1.807) is 0 Å². The van der Waals surface area contributed by atoms with Crippen LogP contribution in [0.3, 0.4) is 0 Å². The summed E-state index contributed by atoms with van der Waals surface area (Å²) in [6, 6.07) is 24.1. The second-order valence-corrected chi connectivity index (χ2v) is 5.82. The summed E-state index contributed by atoms with van der Waals surface area (Å²) in [6.07, 6.45) is 2.15. The molecule has 0 amide bonds. The number of nitrogens with zero attached hydrogens (tertiary/aromatic N) is 1. The van der Waals surface area contributed by atoms with Crippen molar-refractivity contribution >= 4 is 16.7 Å². The molecule has 108 valence electrons. The normalized spacial score (nSPS) is 12.4. The minimum Gasteiger partial charge on any atom is -0.316 e. The number of aromatic nitrogens is 1. The van der Waals surface area contributed by atoms with Crippen LogP contribution in [0.15, 0.2) is 79.0 Å². The van der Waals surface area contributed by atoms with Gasteiger partial charge in [-0.15, -0.1) is 0 Å². The molecule has 0 radical (unpaired) electrons. The lowest BCUT2D eigenvalue weighted by Crippen LogP contribution is -2.08. The molecule has 0 atom stereocenters. The van der Waals surface area contributed by atoms with E-state index in [1.165, 1.54) is 0 Å². The van der Waals surface area contributed by atoms with Gasteiger partial charge in [0.25, 0.3) is 0 Å². The Labute approximate surface area is 133 Å². The first kappa shape index (κ1) is 12.4. The second-order valence-electron chi connectivity index (χ2n) is 5.82. The van der Waals surface area contributed by atoms with E-state index in [0.717, 1.165) is 38.8 Å². The summed E-state index contributed by atoms with van der Waals surface area (Å²) < 4.78 is 2.17. The summed E-state index contributed by atoms with van der Waals surface area (Å²) in [5, 5.41) is 1.06. The molecule has 1 aromatic heterocycles. The molecule has 0 N–H and O–H groups in total. The third-order valence-electron chi connectivity index (χ3n) is 4.57. The van der Waals surface area contributed by atoms with Crippen molar-refractivity contribution < 1.29 is 4.79 Å². The van der Waals surface area contributed by atoms with Gasteiger partial charge < -0.3 is 4.57 Å². The predicted molar refractivity (Wildman–Crippen MR) is 92.1 cm³/mol. The quantitative estimate of drug-likeness (QED) is 0.433. The van der Waals surface area contributed by atoms with Gasteiger partial charge in [-0.25, -0.2) is 0 Å². The number of carbonyl (C=O) groups is 1. The van der Waals surface area contributed by atoms with Gasteiger partial charge in [0.1, 0.15) is 0 Å². The summed E-state index contributed by atoms with van der Waals surface area (Å²) in [7, 11) is 0. The molecule has 2 heteroatoms. The maximum absolute atomic E-state index is 12.8. The van der Waals surface area contributed by atoms with E-state index in [2.05, 4.69) is 29.0 Å². The number of carbonyl (C=O) groups excluding carboxylic acids is 1. The Bertz CT molecular complexity index is 1070. The summed E-state index contributed by atoms with van der Waals surface area (Å²) in [6.45, 7) is 0. The van der Waals surface area contributed by atoms with E-state index in [0.29, 0.717) is 0 Å². The minimum atomic E-state index is 0.115. The maximum Gasteiger partial charge on any atom is 0.194 e. The van der Waals surface area contributed by atoms with Crippen molar-refractivity contribution in [1.29, 1.82) is 0 Å². The average molecular weight is 295 g/mol. The Balaban J connectivity index is 1.94. The molecule has 1 heterocycles. The molecular formula is C21H13NO. The SMILES string of the molecule is O=C1c2ccccc2-c2cn(-c3ccccc3)c3cccc1c23. The fraction of sp³-hybridized carbons (Fsp3) is 0. The standard InChI is InChI=1S/C21H13NO/c23-21-16-10-5-4-9-15(16)18-13-22(14-7-2-1-3-8-14)19-12-6-11-17(21)20(18)19/h1-13H. The summed E-state index contributed by atoms with van der Waals surface area (Å²) >= 11 is 0. The number of fused-ring (bicyclic) bond motifs is 2. The third-order valence-corrected chi connectivity index (χ3v) is 4.57. The number of hydrogen-bond acceptors (Lipinski definition) is 1. The van der Waals surface area contributed by atoms with E-state index in [4.69, 9.17) is 0 Å². The van der Waals surface area contributed by atoms with Crippen LogP contribution in [-0.4, -0.2) is 10.4 Å². The molecular weight excluding hydrogens is 282 g/mol. The van der Waals surface area contributed by atoms with Crippen LogP contribution in [-0.2, 0) is 0 Å². The van der Waals surface area contributed by atoms with Gasteiger partial charge in [0.05, 0.1) is 5.52 Å². The molecule has 0 fully saturated rings. The molecule has 0 bridgehead atoms. The molecule has 23 heavy (non-hydrogen) atoms. The molecule has 5 rings (SSSR count). The van der Waals surface area contributed by atoms with Crippen LogP contribution in [0, 0.1) is 0 Å². The monoisotopic (exact) mass is 295 g/mol. The van der Waals surface area contributed by atoms with E-state index >= 15 is 0 Å². The van der Waals surface area contributed by atoms with Crippen LogP contribution < -0.4 is 0 Å². The Morgan fingerprint density at radius 2 is 1.30 bits per heavy atom. The highest BCUT2D eigenvalue weighted by atomic mass is 16.1. The number of rotatable bonds is 1. The molecule has 0 unspecified atom stereocenters. The zero-order valence-corrected chi connectivity index (χ0v) is 12.4. The van der Waals surface area contributed by atoms with E-state index in [-0.39, 0.29) is 5.78 Å². The highest BCUT2D eigenvalue weighted by Gasteiger charge is 2.26. The van der Waals surface area contributed by atoms with Gasteiger partial charge in [0.15, 0.2) is 5.78 Å². The van der Waals surface area contributed by atoms with Crippen LogP contribution in [0.2, 0.25) is 0 Å². The van der Waals surface area contributed by atoms with Gasteiger partial charge in [-0.3, -0.25) is 4.79 Å². The molecule has 0 spiro atoms. The van der Waals surface area contributed by atoms with Crippen molar-refractivity contribution in [1.82, 2.24) is 4.57 Å². The molecule has 3 aromatic carbocycles. The maximum atomic E-state index is 12.8. The lowest BCUT2D eigenvalue weighted by Gasteiger charge is -2.15. The van der Waals surface area contributed by atoms with Gasteiger partial charge in [0, 0.05) is 34.0 Å². The fourth-order valence-electron chi connectivity index (χ4n) is 3.54. The smallest absolute Gasteiger partial charge is 0.194 e. The Morgan fingerprint density at radius 1 is 0.609 bits per heavy atom. The van der Waals surface area contributed by atoms with Crippen molar-refractivity contribution in [2.24, 2.45) is 0 Å². The van der Waals surface area contributed by atoms with E-state index < -0.39 is 0 Å². The van der Waals surface area contributed by atoms with Gasteiger partial charge >= 0.3 is 0 Å². The van der Waals surface area contributed by atoms with Gasteiger partial charge in [-0.05, 0) is 23.8 Å². The molecule has 1 aliphatic rings. The van der Waals surface area contributed by atoms with Crippen LogP contribution >= 0.6 is 0 Å². The molecule has 2 nitrogen and oxygen atoms in total. The van der Waals surface area contributed by atoms with Gasteiger partial charge in [0.2, 0.25) is 0 Å². The highest BCUT2D eigenvalue weighted by molar-refractivity contribution is 6.25. The number of ketones is 1. The largest absolute Gasteiger partial charge is 0.316 e. The summed E-state index contributed by atoms with van der Waals surface area (Å²) in [4.78, 5) is 12.8. The molecule has 0 saturated carbocycles. The molecule has 1 aliphatic carbocycles. The highest BCUT2D eigenvalue weighted by Crippen LogP contribution is 2.41. The first-order valence-corrected chi connectivity index (χ1v) is 7.68. The fourth-order valence-corrected chi connectivity index (χ4v) is 3.54. The zero-order valence-electron chi connectivity index (χ0n) is 12.4. The van der Waals surface area contributed by atoms with E-state index in [1.807, 2.05) is 54.6 Å². The first-order valence-electron chi connectivity index (χ1n) is 7.68. The molecule has 0 aliphatic heterocycles. The lowest BCUT2D eigenvalue weighted by atomic mass is 9.86. The molecule has 4 aromatic rings. The van der Waals surface area contributed by atoms with E-state index in [9.17, 15) is 4.79 Å². The number of benzene rings is 3. The summed E-state index contributed by atoms with van der Waals surface area (Å²) in [5.41, 5.74) is 5.93. The second kappa shape index (κ2) is 4.43. The van der Waals surface area contributed by atoms with Crippen molar-refractivity contribution in [3.63, 3.8) is 0 Å². The topological polar surface area (TPSA) is 22.0 Å². The van der Waals surface area contributed by atoms with Crippen LogP contribution in [0.1, 0.15) is 15.9 Å². The average Bonchev–Trinajstić information content (AvgIpc) is 3.01. The lowest BCUT2D eigenvalue weighted by molar-refractivity contribution is 0.104. The van der Waals surface area contributed by atoms with Crippen molar-refractivity contribution in [3.05, 3.63) is 90.1 Å². The van der Waals surface area contributed by atoms with Crippen LogP contribution in [0.5, 0.6) is 0 Å². The zero-order chi connectivity index (χ0) is 15.4. The van der Waals surface area contributed by atoms with Crippen molar-refractivity contribution in [2.45, 2.75) is 0 Å². The van der Waals surface area contributed by atoms with Crippen LogP contribution in [0.25, 0.3) is 27.7 Å². The Kier molecular flexibility index (Phi) is 2.39.